The Labute approximate surface area is 169 Å². The van der Waals surface area contributed by atoms with E-state index in [9.17, 15) is 13.2 Å². The average molecular weight is 426 g/mol. The van der Waals surface area contributed by atoms with E-state index in [0.717, 1.165) is 0 Å². The normalized spacial score (nSPS) is 10.2. The van der Waals surface area contributed by atoms with Crippen LogP contribution in [0.3, 0.4) is 0 Å². The van der Waals surface area contributed by atoms with Gasteiger partial charge in [-0.1, -0.05) is 12.0 Å². The number of hydroxylamine groups is 1. The Morgan fingerprint density at radius 2 is 1.93 bits per heavy atom. The molecule has 10 heteroatoms. The Morgan fingerprint density at radius 3 is 2.50 bits per heavy atom. The molecule has 8 nitrogen and oxygen atoms in total. The van der Waals surface area contributed by atoms with E-state index in [-0.39, 0.29) is 35.5 Å². The summed E-state index contributed by atoms with van der Waals surface area (Å²) in [4.78, 5) is 15.0. The van der Waals surface area contributed by atoms with Gasteiger partial charge in [0.05, 0.1) is 11.4 Å². The summed E-state index contributed by atoms with van der Waals surface area (Å²) in [5, 5.41) is 11.1. The molecule has 2 rings (SSSR count). The quantitative estimate of drug-likeness (QED) is 0.332. The van der Waals surface area contributed by atoms with Gasteiger partial charge in [-0.15, -0.1) is 18.3 Å². The summed E-state index contributed by atoms with van der Waals surface area (Å²) in [6, 6.07) is 9.04. The Hall–Kier alpha value is -2.64. The summed E-state index contributed by atoms with van der Waals surface area (Å²) in [5.41, 5.74) is 2.20. The van der Waals surface area contributed by atoms with Crippen LogP contribution in [0.15, 0.2) is 52.5 Å². The third-order valence-electron chi connectivity index (χ3n) is 3.43. The maximum absolute atomic E-state index is 12.6. The molecule has 0 atom stereocenters. The van der Waals surface area contributed by atoms with Gasteiger partial charge in [-0.25, -0.2) is 18.9 Å². The fourth-order valence-electron chi connectivity index (χ4n) is 2.06. The molecule has 0 radical (unpaired) electrons. The standard InChI is InChI=1S/C18H19N3O5S.ClH/c1-2-3-10-26-15-5-7-16(8-6-15)27(24,25)18-9-4-14(12-20-18)11-19-13-17(22)21-23;/h4-9,12,19,23H,10-11,13H2,1H3,(H,21,22);1H. The lowest BCUT2D eigenvalue weighted by atomic mass is 10.3. The average Bonchev–Trinajstić information content (AvgIpc) is 2.69. The second kappa shape index (κ2) is 11.3. The maximum Gasteiger partial charge on any atom is 0.257 e. The van der Waals surface area contributed by atoms with Crippen molar-refractivity contribution >= 4 is 28.2 Å². The molecule has 3 N–H and O–H groups in total. The highest BCUT2D eigenvalue weighted by molar-refractivity contribution is 7.91. The number of carbonyl (C=O) groups excluding carboxylic acids is 1. The third kappa shape index (κ3) is 6.51. The van der Waals surface area contributed by atoms with E-state index in [4.69, 9.17) is 9.94 Å². The van der Waals surface area contributed by atoms with Gasteiger partial charge in [0.1, 0.15) is 12.4 Å². The summed E-state index contributed by atoms with van der Waals surface area (Å²) in [5.74, 6) is 5.42. The number of aromatic nitrogens is 1. The molecule has 1 aromatic carbocycles. The van der Waals surface area contributed by atoms with Crippen molar-refractivity contribution in [2.24, 2.45) is 0 Å². The van der Waals surface area contributed by atoms with Crippen LogP contribution in [0, 0.1) is 11.8 Å². The highest BCUT2D eigenvalue weighted by Crippen LogP contribution is 2.22. The van der Waals surface area contributed by atoms with Gasteiger partial charge in [0.2, 0.25) is 9.84 Å². The van der Waals surface area contributed by atoms with Crippen molar-refractivity contribution in [1.29, 1.82) is 0 Å². The van der Waals surface area contributed by atoms with Crippen LogP contribution < -0.4 is 15.5 Å². The number of nitrogens with zero attached hydrogens (tertiary/aromatic N) is 1. The summed E-state index contributed by atoms with van der Waals surface area (Å²) >= 11 is 0. The molecule has 2 aromatic rings. The Kier molecular flexibility index (Phi) is 9.41. The first kappa shape index (κ1) is 23.4. The molecule has 28 heavy (non-hydrogen) atoms. The molecule has 150 valence electrons. The number of benzene rings is 1. The van der Waals surface area contributed by atoms with Crippen LogP contribution in [0.5, 0.6) is 5.75 Å². The Balaban J connectivity index is 0.00000392. The van der Waals surface area contributed by atoms with Gasteiger partial charge in [-0.3, -0.25) is 10.0 Å². The number of hydrogen-bond donors (Lipinski definition) is 3. The monoisotopic (exact) mass is 425 g/mol. The smallest absolute Gasteiger partial charge is 0.257 e. The van der Waals surface area contributed by atoms with Crippen molar-refractivity contribution in [2.75, 3.05) is 13.2 Å². The summed E-state index contributed by atoms with van der Waals surface area (Å²) in [6.07, 6.45) is 1.41. The molecule has 0 spiro atoms. The van der Waals surface area contributed by atoms with Gasteiger partial charge in [0, 0.05) is 12.7 Å². The van der Waals surface area contributed by atoms with E-state index in [1.54, 1.807) is 25.1 Å². The van der Waals surface area contributed by atoms with Crippen LogP contribution in [0.2, 0.25) is 0 Å². The van der Waals surface area contributed by atoms with E-state index in [2.05, 4.69) is 22.1 Å². The number of carbonyl (C=O) groups is 1. The lowest BCUT2D eigenvalue weighted by molar-refractivity contribution is -0.128. The minimum absolute atomic E-state index is 0. The number of nitrogens with one attached hydrogen (secondary N) is 2. The zero-order valence-corrected chi connectivity index (χ0v) is 16.6. The molecule has 0 aliphatic rings. The van der Waals surface area contributed by atoms with E-state index in [1.165, 1.54) is 29.9 Å². The van der Waals surface area contributed by atoms with E-state index in [1.807, 2.05) is 0 Å². The van der Waals surface area contributed by atoms with Gasteiger partial charge in [-0.2, -0.15) is 0 Å². The molecule has 0 unspecified atom stereocenters. The van der Waals surface area contributed by atoms with Crippen LogP contribution in [-0.2, 0) is 21.2 Å². The van der Waals surface area contributed by atoms with Crippen molar-refractivity contribution in [3.05, 3.63) is 48.2 Å². The zero-order valence-electron chi connectivity index (χ0n) is 15.0. The zero-order chi connectivity index (χ0) is 19.7. The first-order valence-corrected chi connectivity index (χ1v) is 9.42. The second-order valence-electron chi connectivity index (χ2n) is 5.33. The first-order chi connectivity index (χ1) is 13.0. The van der Waals surface area contributed by atoms with Crippen molar-refractivity contribution in [3.63, 3.8) is 0 Å². The molecular weight excluding hydrogens is 406 g/mol. The van der Waals surface area contributed by atoms with Crippen molar-refractivity contribution in [1.82, 2.24) is 15.8 Å². The van der Waals surface area contributed by atoms with Gasteiger partial charge in [-0.05, 0) is 42.8 Å². The summed E-state index contributed by atoms with van der Waals surface area (Å²) < 4.78 is 30.6. The molecule has 0 fully saturated rings. The highest BCUT2D eigenvalue weighted by Gasteiger charge is 2.19. The molecule has 0 aliphatic heterocycles. The SMILES string of the molecule is CC#CCOc1ccc(S(=O)(=O)c2ccc(CNCC(=O)NO)cn2)cc1.Cl. The molecule has 1 heterocycles. The molecule has 1 aromatic heterocycles. The predicted molar refractivity (Wildman–Crippen MR) is 104 cm³/mol. The molecule has 0 saturated carbocycles. The predicted octanol–water partition coefficient (Wildman–Crippen LogP) is 1.33. The fourth-order valence-corrected chi connectivity index (χ4v) is 3.24. The van der Waals surface area contributed by atoms with Crippen LogP contribution in [0.25, 0.3) is 0 Å². The minimum Gasteiger partial charge on any atom is -0.481 e. The van der Waals surface area contributed by atoms with Gasteiger partial charge in [0.25, 0.3) is 5.91 Å². The lowest BCUT2D eigenvalue weighted by Gasteiger charge is -2.07. The fraction of sp³-hybridized carbons (Fsp3) is 0.222. The van der Waals surface area contributed by atoms with Crippen LogP contribution in [-0.4, -0.2) is 37.7 Å². The number of halogens is 1. The van der Waals surface area contributed by atoms with Crippen LogP contribution in [0.1, 0.15) is 12.5 Å². The number of rotatable bonds is 8. The summed E-state index contributed by atoms with van der Waals surface area (Å²) in [6.45, 7) is 2.17. The van der Waals surface area contributed by atoms with Crippen molar-refractivity contribution in [2.45, 2.75) is 23.4 Å². The van der Waals surface area contributed by atoms with Gasteiger partial charge in [0.15, 0.2) is 5.03 Å². The van der Waals surface area contributed by atoms with E-state index in [0.29, 0.717) is 17.9 Å². The molecule has 0 bridgehead atoms. The van der Waals surface area contributed by atoms with Gasteiger partial charge < -0.3 is 10.1 Å². The molecular formula is C18H20ClN3O5S. The summed E-state index contributed by atoms with van der Waals surface area (Å²) in [7, 11) is -3.75. The number of pyridine rings is 1. The van der Waals surface area contributed by atoms with E-state index < -0.39 is 15.7 Å². The Bertz CT molecular complexity index is 936. The number of amides is 1. The maximum atomic E-state index is 12.6. The third-order valence-corrected chi connectivity index (χ3v) is 5.12. The lowest BCUT2D eigenvalue weighted by Crippen LogP contribution is -2.31. The van der Waals surface area contributed by atoms with Crippen LogP contribution in [0.4, 0.5) is 0 Å². The highest BCUT2D eigenvalue weighted by atomic mass is 35.5. The molecule has 0 saturated heterocycles. The minimum atomic E-state index is -3.75. The largest absolute Gasteiger partial charge is 0.481 e. The number of ether oxygens (including phenoxy) is 1. The second-order valence-corrected chi connectivity index (χ2v) is 7.23. The topological polar surface area (TPSA) is 118 Å². The number of hydrogen-bond acceptors (Lipinski definition) is 7. The Morgan fingerprint density at radius 1 is 1.21 bits per heavy atom. The first-order valence-electron chi connectivity index (χ1n) is 7.93. The van der Waals surface area contributed by atoms with Crippen molar-refractivity contribution in [3.8, 4) is 17.6 Å². The van der Waals surface area contributed by atoms with Gasteiger partial charge >= 0.3 is 0 Å². The molecule has 0 aliphatic carbocycles. The number of sulfone groups is 1. The van der Waals surface area contributed by atoms with Crippen molar-refractivity contribution < 1.29 is 23.2 Å². The van der Waals surface area contributed by atoms with E-state index >= 15 is 0 Å². The molecule has 1 amide bonds. The van der Waals surface area contributed by atoms with Crippen LogP contribution >= 0.6 is 12.4 Å².